The van der Waals surface area contributed by atoms with Crippen LogP contribution in [0.2, 0.25) is 0 Å². The van der Waals surface area contributed by atoms with E-state index in [4.69, 9.17) is 4.74 Å². The third kappa shape index (κ3) is 4.04. The lowest BCUT2D eigenvalue weighted by Crippen LogP contribution is -2.33. The molecule has 2 rings (SSSR count). The molecule has 1 aromatic rings. The minimum absolute atomic E-state index is 0.115. The highest BCUT2D eigenvalue weighted by Gasteiger charge is 2.25. The molecular weight excluding hydrogens is 252 g/mol. The first kappa shape index (κ1) is 15.0. The Kier molecular flexibility index (Phi) is 5.53. The molecule has 2 heterocycles. The van der Waals surface area contributed by atoms with Gasteiger partial charge in [0.25, 0.3) is 0 Å². The Balaban J connectivity index is 1.97. The summed E-state index contributed by atoms with van der Waals surface area (Å²) in [6.45, 7) is 4.76. The molecule has 0 amide bonds. The maximum absolute atomic E-state index is 12.5. The summed E-state index contributed by atoms with van der Waals surface area (Å²) < 4.78 is 5.57. The fourth-order valence-electron chi connectivity index (χ4n) is 2.43. The average Bonchev–Trinajstić information content (AvgIpc) is 2.48. The number of carbonyl (C=O) groups excluding carboxylic acids is 1. The zero-order valence-corrected chi connectivity index (χ0v) is 12.5. The molecular formula is C16H24N2O2. The van der Waals surface area contributed by atoms with Gasteiger partial charge in [-0.25, -0.2) is 4.98 Å². The highest BCUT2D eigenvalue weighted by molar-refractivity contribution is 5.96. The summed E-state index contributed by atoms with van der Waals surface area (Å²) in [6, 6.07) is 5.48. The van der Waals surface area contributed by atoms with Crippen molar-refractivity contribution in [1.29, 1.82) is 0 Å². The summed E-state index contributed by atoms with van der Waals surface area (Å²) in [5.74, 6) is 0.848. The number of pyridine rings is 1. The molecule has 1 aliphatic rings. The van der Waals surface area contributed by atoms with Crippen molar-refractivity contribution in [1.82, 2.24) is 9.88 Å². The Morgan fingerprint density at radius 1 is 1.40 bits per heavy atom. The van der Waals surface area contributed by atoms with Crippen LogP contribution < -0.4 is 4.74 Å². The van der Waals surface area contributed by atoms with Crippen molar-refractivity contribution in [2.75, 3.05) is 26.7 Å². The fraction of sp³-hybridized carbons (Fsp3) is 0.625. The minimum Gasteiger partial charge on any atom is -0.478 e. The molecule has 1 saturated heterocycles. The molecule has 0 aliphatic carbocycles. The van der Waals surface area contributed by atoms with Gasteiger partial charge in [0.15, 0.2) is 5.78 Å². The van der Waals surface area contributed by atoms with Gasteiger partial charge in [-0.2, -0.15) is 0 Å². The maximum atomic E-state index is 12.5. The van der Waals surface area contributed by atoms with E-state index < -0.39 is 0 Å². The second-order valence-electron chi connectivity index (χ2n) is 5.50. The van der Waals surface area contributed by atoms with E-state index in [-0.39, 0.29) is 11.7 Å². The molecule has 0 radical (unpaired) electrons. The van der Waals surface area contributed by atoms with E-state index >= 15 is 0 Å². The highest BCUT2D eigenvalue weighted by Crippen LogP contribution is 2.21. The summed E-state index contributed by atoms with van der Waals surface area (Å²) >= 11 is 0. The van der Waals surface area contributed by atoms with E-state index in [9.17, 15) is 4.79 Å². The number of hydrogen-bond donors (Lipinski definition) is 0. The smallest absolute Gasteiger partial charge is 0.213 e. The van der Waals surface area contributed by atoms with Crippen molar-refractivity contribution >= 4 is 5.78 Å². The van der Waals surface area contributed by atoms with Gasteiger partial charge in [-0.15, -0.1) is 0 Å². The lowest BCUT2D eigenvalue weighted by Gasteiger charge is -2.27. The lowest BCUT2D eigenvalue weighted by molar-refractivity contribution is 0.0850. The normalized spacial score (nSPS) is 17.1. The van der Waals surface area contributed by atoms with Crippen LogP contribution in [0.5, 0.6) is 5.88 Å². The quantitative estimate of drug-likeness (QED) is 0.592. The Morgan fingerprint density at radius 2 is 2.15 bits per heavy atom. The van der Waals surface area contributed by atoms with Gasteiger partial charge in [0.1, 0.15) is 5.69 Å². The number of rotatable bonds is 6. The Morgan fingerprint density at radius 3 is 2.85 bits per heavy atom. The molecule has 1 aromatic heterocycles. The summed E-state index contributed by atoms with van der Waals surface area (Å²) in [6.07, 6.45) is 3.96. The topological polar surface area (TPSA) is 42.4 Å². The number of piperidine rings is 1. The highest BCUT2D eigenvalue weighted by atomic mass is 16.5. The second-order valence-corrected chi connectivity index (χ2v) is 5.50. The third-order valence-corrected chi connectivity index (χ3v) is 3.81. The molecule has 1 aliphatic heterocycles. The molecule has 4 heteroatoms. The summed E-state index contributed by atoms with van der Waals surface area (Å²) in [5.41, 5.74) is 0.550. The zero-order chi connectivity index (χ0) is 14.4. The van der Waals surface area contributed by atoms with Gasteiger partial charge in [-0.1, -0.05) is 19.4 Å². The van der Waals surface area contributed by atoms with Crippen LogP contribution in [-0.4, -0.2) is 42.4 Å². The number of carbonyl (C=O) groups is 1. The molecule has 4 nitrogen and oxygen atoms in total. The van der Waals surface area contributed by atoms with Crippen LogP contribution in [0, 0.1) is 5.92 Å². The molecule has 0 spiro atoms. The maximum Gasteiger partial charge on any atom is 0.213 e. The standard InChI is InChI=1S/C16H24N2O2/c1-3-4-12-20-15-7-5-6-14(17-15)16(19)13-8-10-18(2)11-9-13/h5-7,13H,3-4,8-12H2,1-2H3. The Labute approximate surface area is 121 Å². The van der Waals surface area contributed by atoms with Crippen LogP contribution in [0.4, 0.5) is 0 Å². The second kappa shape index (κ2) is 7.39. The first-order valence-corrected chi connectivity index (χ1v) is 7.53. The lowest BCUT2D eigenvalue weighted by atomic mass is 9.91. The zero-order valence-electron chi connectivity index (χ0n) is 12.5. The summed E-state index contributed by atoms with van der Waals surface area (Å²) in [7, 11) is 2.10. The van der Waals surface area contributed by atoms with Crippen LogP contribution in [0.1, 0.15) is 43.1 Å². The van der Waals surface area contributed by atoms with Gasteiger partial charge in [0.2, 0.25) is 5.88 Å². The number of nitrogens with zero attached hydrogens (tertiary/aromatic N) is 2. The summed E-state index contributed by atoms with van der Waals surface area (Å²) in [4.78, 5) is 19.1. The van der Waals surface area contributed by atoms with E-state index in [1.807, 2.05) is 12.1 Å². The fourth-order valence-corrected chi connectivity index (χ4v) is 2.43. The van der Waals surface area contributed by atoms with E-state index in [1.165, 1.54) is 0 Å². The molecule has 0 bridgehead atoms. The van der Waals surface area contributed by atoms with Crippen molar-refractivity contribution in [3.63, 3.8) is 0 Å². The van der Waals surface area contributed by atoms with E-state index in [2.05, 4.69) is 23.9 Å². The van der Waals surface area contributed by atoms with Crippen LogP contribution in [-0.2, 0) is 0 Å². The molecule has 1 fully saturated rings. The number of unbranched alkanes of at least 4 members (excludes halogenated alkanes) is 1. The molecule has 0 saturated carbocycles. The molecule has 0 atom stereocenters. The average molecular weight is 276 g/mol. The molecule has 0 N–H and O–H groups in total. The van der Waals surface area contributed by atoms with Crippen LogP contribution in [0.25, 0.3) is 0 Å². The van der Waals surface area contributed by atoms with Gasteiger partial charge in [0, 0.05) is 12.0 Å². The van der Waals surface area contributed by atoms with Crippen LogP contribution in [0.15, 0.2) is 18.2 Å². The molecule has 0 aromatic carbocycles. The van der Waals surface area contributed by atoms with Gasteiger partial charge in [-0.3, -0.25) is 4.79 Å². The summed E-state index contributed by atoms with van der Waals surface area (Å²) in [5, 5.41) is 0. The van der Waals surface area contributed by atoms with Gasteiger partial charge in [0.05, 0.1) is 6.61 Å². The van der Waals surface area contributed by atoms with Gasteiger partial charge < -0.3 is 9.64 Å². The minimum atomic E-state index is 0.115. The Hall–Kier alpha value is -1.42. The van der Waals surface area contributed by atoms with Crippen LogP contribution in [0.3, 0.4) is 0 Å². The number of aromatic nitrogens is 1. The van der Waals surface area contributed by atoms with E-state index in [0.717, 1.165) is 38.8 Å². The monoisotopic (exact) mass is 276 g/mol. The molecule has 20 heavy (non-hydrogen) atoms. The predicted molar refractivity (Wildman–Crippen MR) is 79.2 cm³/mol. The van der Waals surface area contributed by atoms with Crippen molar-refractivity contribution in [2.24, 2.45) is 5.92 Å². The van der Waals surface area contributed by atoms with Crippen molar-refractivity contribution in [2.45, 2.75) is 32.6 Å². The van der Waals surface area contributed by atoms with E-state index in [0.29, 0.717) is 18.2 Å². The molecule has 110 valence electrons. The van der Waals surface area contributed by atoms with Crippen molar-refractivity contribution in [3.8, 4) is 5.88 Å². The van der Waals surface area contributed by atoms with Crippen molar-refractivity contribution in [3.05, 3.63) is 23.9 Å². The first-order chi connectivity index (χ1) is 9.70. The first-order valence-electron chi connectivity index (χ1n) is 7.53. The Bertz CT molecular complexity index is 440. The number of Topliss-reactive ketones (excluding diaryl/α,β-unsaturated/α-hetero) is 1. The van der Waals surface area contributed by atoms with E-state index in [1.54, 1.807) is 6.07 Å². The predicted octanol–water partition coefficient (Wildman–Crippen LogP) is 2.79. The van der Waals surface area contributed by atoms with Gasteiger partial charge >= 0.3 is 0 Å². The van der Waals surface area contributed by atoms with Crippen LogP contribution >= 0.6 is 0 Å². The third-order valence-electron chi connectivity index (χ3n) is 3.81. The number of ether oxygens (including phenoxy) is 1. The molecule has 0 unspecified atom stereocenters. The SMILES string of the molecule is CCCCOc1cccc(C(=O)C2CCN(C)CC2)n1. The number of hydrogen-bond acceptors (Lipinski definition) is 4. The van der Waals surface area contributed by atoms with Crippen molar-refractivity contribution < 1.29 is 9.53 Å². The van der Waals surface area contributed by atoms with Gasteiger partial charge in [-0.05, 0) is 45.5 Å². The number of ketones is 1. The number of likely N-dealkylation sites (tertiary alicyclic amines) is 1. The largest absolute Gasteiger partial charge is 0.478 e.